The first-order valence-corrected chi connectivity index (χ1v) is 11.9. The van der Waals surface area contributed by atoms with E-state index in [2.05, 4.69) is 4.98 Å². The van der Waals surface area contributed by atoms with E-state index < -0.39 is 29.5 Å². The molecule has 0 radical (unpaired) electrons. The zero-order valence-corrected chi connectivity index (χ0v) is 20.4. The predicted octanol–water partition coefficient (Wildman–Crippen LogP) is 5.44. The quantitative estimate of drug-likeness (QED) is 0.257. The number of carbonyl (C=O) groups is 3. The molecule has 0 fully saturated rings. The third-order valence-corrected chi connectivity index (χ3v) is 6.33. The van der Waals surface area contributed by atoms with Crippen molar-refractivity contribution < 1.29 is 28.6 Å². The van der Waals surface area contributed by atoms with Crippen molar-refractivity contribution in [1.29, 1.82) is 0 Å². The van der Waals surface area contributed by atoms with E-state index in [0.717, 1.165) is 0 Å². The molecule has 5 rings (SSSR count). The van der Waals surface area contributed by atoms with E-state index in [4.69, 9.17) is 20.8 Å². The lowest BCUT2D eigenvalue weighted by atomic mass is 9.95. The standard InChI is InChI=1S/C28H21ClN2O6/c1-2-36-28(35)18-5-3-16(4-6-18)15-31-24(17-9-11-30-12-10-17)23(26(33)27(31)34)25(32)22-14-19-13-20(29)7-8-21(19)37-22/h3-14,24,33H,2,15H2,1H3. The lowest BCUT2D eigenvalue weighted by Crippen LogP contribution is -2.30. The topological polar surface area (TPSA) is 110 Å². The van der Waals surface area contributed by atoms with Crippen molar-refractivity contribution in [2.45, 2.75) is 19.5 Å². The van der Waals surface area contributed by atoms with Crippen LogP contribution in [0.15, 0.2) is 88.8 Å². The molecule has 0 aliphatic carbocycles. The average Bonchev–Trinajstić information content (AvgIpc) is 3.43. The van der Waals surface area contributed by atoms with Crippen molar-refractivity contribution in [3.63, 3.8) is 0 Å². The van der Waals surface area contributed by atoms with Gasteiger partial charge in [0.2, 0.25) is 5.78 Å². The monoisotopic (exact) mass is 516 g/mol. The van der Waals surface area contributed by atoms with E-state index in [1.807, 2.05) is 0 Å². The SMILES string of the molecule is CCOC(=O)c1ccc(CN2C(=O)C(O)=C(C(=O)c3cc4cc(Cl)ccc4o3)C2c2ccncc2)cc1. The van der Waals surface area contributed by atoms with E-state index in [9.17, 15) is 19.5 Å². The zero-order valence-electron chi connectivity index (χ0n) is 19.7. The van der Waals surface area contributed by atoms with Gasteiger partial charge in [-0.3, -0.25) is 14.6 Å². The molecular formula is C28H21ClN2O6. The Bertz CT molecular complexity index is 1540. The minimum Gasteiger partial charge on any atom is -0.503 e. The van der Waals surface area contributed by atoms with E-state index in [0.29, 0.717) is 32.7 Å². The van der Waals surface area contributed by atoms with Crippen LogP contribution in [-0.4, -0.2) is 39.3 Å². The van der Waals surface area contributed by atoms with Gasteiger partial charge in [0.1, 0.15) is 5.58 Å². The second-order valence-corrected chi connectivity index (χ2v) is 8.85. The van der Waals surface area contributed by atoms with Crippen LogP contribution in [0.2, 0.25) is 5.02 Å². The number of nitrogens with zero attached hydrogens (tertiary/aromatic N) is 2. The maximum Gasteiger partial charge on any atom is 0.338 e. The van der Waals surface area contributed by atoms with Gasteiger partial charge in [0, 0.05) is 29.3 Å². The summed E-state index contributed by atoms with van der Waals surface area (Å²) in [5, 5.41) is 12.0. The molecule has 1 amide bonds. The Morgan fingerprint density at radius 2 is 1.81 bits per heavy atom. The first-order chi connectivity index (χ1) is 17.9. The molecule has 186 valence electrons. The highest BCUT2D eigenvalue weighted by atomic mass is 35.5. The Morgan fingerprint density at radius 1 is 1.08 bits per heavy atom. The van der Waals surface area contributed by atoms with Crippen LogP contribution in [0.5, 0.6) is 0 Å². The Balaban J connectivity index is 1.51. The van der Waals surface area contributed by atoms with Gasteiger partial charge in [-0.25, -0.2) is 4.79 Å². The van der Waals surface area contributed by atoms with Crippen LogP contribution in [0.4, 0.5) is 0 Å². The van der Waals surface area contributed by atoms with Gasteiger partial charge in [-0.2, -0.15) is 0 Å². The number of aliphatic hydroxyl groups excluding tert-OH is 1. The number of carbonyl (C=O) groups excluding carboxylic acids is 3. The fourth-order valence-electron chi connectivity index (χ4n) is 4.36. The number of aromatic nitrogens is 1. The number of aliphatic hydroxyl groups is 1. The van der Waals surface area contributed by atoms with Gasteiger partial charge in [0.05, 0.1) is 23.8 Å². The highest BCUT2D eigenvalue weighted by molar-refractivity contribution is 6.31. The van der Waals surface area contributed by atoms with Crippen molar-refractivity contribution in [3.05, 3.63) is 112 Å². The fourth-order valence-corrected chi connectivity index (χ4v) is 4.54. The number of ether oxygens (including phenoxy) is 1. The Morgan fingerprint density at radius 3 is 2.51 bits per heavy atom. The molecule has 0 spiro atoms. The van der Waals surface area contributed by atoms with Gasteiger partial charge in [-0.15, -0.1) is 0 Å². The summed E-state index contributed by atoms with van der Waals surface area (Å²) >= 11 is 6.06. The molecule has 1 aliphatic rings. The molecule has 1 aliphatic heterocycles. The van der Waals surface area contributed by atoms with Gasteiger partial charge in [-0.1, -0.05) is 23.7 Å². The normalized spacial score (nSPS) is 15.5. The second-order valence-electron chi connectivity index (χ2n) is 8.42. The third kappa shape index (κ3) is 4.59. The molecule has 9 heteroatoms. The fraction of sp³-hybridized carbons (Fsp3) is 0.143. The van der Waals surface area contributed by atoms with Gasteiger partial charge >= 0.3 is 5.97 Å². The molecule has 3 heterocycles. The molecule has 0 saturated heterocycles. The molecule has 2 aromatic carbocycles. The number of hydrogen-bond acceptors (Lipinski definition) is 7. The van der Waals surface area contributed by atoms with Crippen molar-refractivity contribution in [2.24, 2.45) is 0 Å². The van der Waals surface area contributed by atoms with Gasteiger partial charge in [0.15, 0.2) is 11.5 Å². The van der Waals surface area contributed by atoms with E-state index >= 15 is 0 Å². The van der Waals surface area contributed by atoms with Gasteiger partial charge in [-0.05, 0) is 66.6 Å². The summed E-state index contributed by atoms with van der Waals surface area (Å²) in [7, 11) is 0. The Hall–Kier alpha value is -4.43. The molecule has 2 aromatic heterocycles. The molecule has 37 heavy (non-hydrogen) atoms. The molecule has 1 unspecified atom stereocenters. The summed E-state index contributed by atoms with van der Waals surface area (Å²) in [4.78, 5) is 44.3. The van der Waals surface area contributed by atoms with E-state index in [1.165, 1.54) is 11.0 Å². The number of furan rings is 1. The molecule has 0 bridgehead atoms. The summed E-state index contributed by atoms with van der Waals surface area (Å²) in [6.07, 6.45) is 3.10. The van der Waals surface area contributed by atoms with Crippen LogP contribution in [0.1, 0.15) is 45.0 Å². The summed E-state index contributed by atoms with van der Waals surface area (Å²) in [5.41, 5.74) is 2.03. The second kappa shape index (κ2) is 9.91. The lowest BCUT2D eigenvalue weighted by Gasteiger charge is -2.26. The maximum atomic E-state index is 13.6. The largest absolute Gasteiger partial charge is 0.503 e. The molecule has 0 saturated carbocycles. The highest BCUT2D eigenvalue weighted by Gasteiger charge is 2.44. The summed E-state index contributed by atoms with van der Waals surface area (Å²) in [5.74, 6) is -2.42. The number of pyridine rings is 1. The van der Waals surface area contributed by atoms with Crippen LogP contribution in [0.25, 0.3) is 11.0 Å². The summed E-state index contributed by atoms with van der Waals surface area (Å²) in [6, 6.07) is 15.6. The van der Waals surface area contributed by atoms with Crippen LogP contribution < -0.4 is 0 Å². The molecular weight excluding hydrogens is 496 g/mol. The van der Waals surface area contributed by atoms with Crippen LogP contribution in [-0.2, 0) is 16.1 Å². The number of amides is 1. The van der Waals surface area contributed by atoms with Gasteiger partial charge < -0.3 is 19.2 Å². The minimum atomic E-state index is -0.885. The van der Waals surface area contributed by atoms with Crippen molar-refractivity contribution in [2.75, 3.05) is 6.61 Å². The van der Waals surface area contributed by atoms with Crippen LogP contribution >= 0.6 is 11.6 Å². The number of ketones is 1. The molecule has 1 N–H and O–H groups in total. The molecule has 8 nitrogen and oxygen atoms in total. The number of rotatable bonds is 7. The van der Waals surface area contributed by atoms with Crippen molar-refractivity contribution in [3.8, 4) is 0 Å². The average molecular weight is 517 g/mol. The van der Waals surface area contributed by atoms with Crippen LogP contribution in [0, 0.1) is 0 Å². The summed E-state index contributed by atoms with van der Waals surface area (Å²) in [6.45, 7) is 2.06. The Labute approximate surface area is 216 Å². The molecule has 1 atom stereocenters. The zero-order chi connectivity index (χ0) is 26.1. The van der Waals surface area contributed by atoms with Crippen LogP contribution in [0.3, 0.4) is 0 Å². The number of Topliss-reactive ketones (excluding diaryl/α,β-unsaturated/α-hetero) is 1. The number of hydrogen-bond donors (Lipinski definition) is 1. The first kappa shape index (κ1) is 24.3. The highest BCUT2D eigenvalue weighted by Crippen LogP contribution is 2.40. The number of halogens is 1. The smallest absolute Gasteiger partial charge is 0.338 e. The Kier molecular flexibility index (Phi) is 6.50. The minimum absolute atomic E-state index is 0.0219. The number of esters is 1. The van der Waals surface area contributed by atoms with Gasteiger partial charge in [0.25, 0.3) is 5.91 Å². The molecule has 4 aromatic rings. The number of fused-ring (bicyclic) bond motifs is 1. The number of benzene rings is 2. The first-order valence-electron chi connectivity index (χ1n) is 11.5. The van der Waals surface area contributed by atoms with E-state index in [-0.39, 0.29) is 24.5 Å². The van der Waals surface area contributed by atoms with Crippen molar-refractivity contribution >= 4 is 40.2 Å². The summed E-state index contributed by atoms with van der Waals surface area (Å²) < 4.78 is 10.7. The maximum absolute atomic E-state index is 13.6. The van der Waals surface area contributed by atoms with Crippen molar-refractivity contribution in [1.82, 2.24) is 9.88 Å². The third-order valence-electron chi connectivity index (χ3n) is 6.09. The predicted molar refractivity (Wildman–Crippen MR) is 135 cm³/mol. The lowest BCUT2D eigenvalue weighted by molar-refractivity contribution is -0.130. The van der Waals surface area contributed by atoms with E-state index in [1.54, 1.807) is 73.9 Å².